The molecule has 4 heteroatoms. The zero-order valence-electron chi connectivity index (χ0n) is 11.9. The molecule has 3 rings (SSSR count). The summed E-state index contributed by atoms with van der Waals surface area (Å²) in [6.07, 6.45) is 5.13. The summed E-state index contributed by atoms with van der Waals surface area (Å²) < 4.78 is 5.70. The molecule has 1 saturated carbocycles. The van der Waals surface area contributed by atoms with Crippen LogP contribution in [0.1, 0.15) is 38.5 Å². The molecule has 4 nitrogen and oxygen atoms in total. The SMILES string of the molecule is CC1CCC(NCc2nnc(-c3ccccc3)o2)CC1. The van der Waals surface area contributed by atoms with Crippen molar-refractivity contribution in [1.29, 1.82) is 0 Å². The van der Waals surface area contributed by atoms with Gasteiger partial charge in [0.25, 0.3) is 0 Å². The van der Waals surface area contributed by atoms with E-state index < -0.39 is 0 Å². The maximum absolute atomic E-state index is 5.70. The van der Waals surface area contributed by atoms with Crippen LogP contribution in [0.3, 0.4) is 0 Å². The minimum Gasteiger partial charge on any atom is -0.419 e. The van der Waals surface area contributed by atoms with Crippen LogP contribution >= 0.6 is 0 Å². The minimum absolute atomic E-state index is 0.596. The van der Waals surface area contributed by atoms with Crippen LogP contribution in [0.15, 0.2) is 34.7 Å². The zero-order chi connectivity index (χ0) is 13.8. The summed E-state index contributed by atoms with van der Waals surface area (Å²) in [4.78, 5) is 0. The van der Waals surface area contributed by atoms with E-state index in [1.54, 1.807) is 0 Å². The summed E-state index contributed by atoms with van der Waals surface area (Å²) in [6, 6.07) is 10.5. The standard InChI is InChI=1S/C16H21N3O/c1-12-7-9-14(10-8-12)17-11-15-18-19-16(20-15)13-5-3-2-4-6-13/h2-6,12,14,17H,7-11H2,1H3. The molecule has 0 atom stereocenters. The van der Waals surface area contributed by atoms with E-state index in [0.717, 1.165) is 11.5 Å². The second-order valence-corrected chi connectivity index (χ2v) is 5.70. The highest BCUT2D eigenvalue weighted by Gasteiger charge is 2.18. The molecule has 1 heterocycles. The van der Waals surface area contributed by atoms with E-state index in [0.29, 0.717) is 24.4 Å². The summed E-state index contributed by atoms with van der Waals surface area (Å²) in [6.45, 7) is 3.00. The number of aromatic nitrogens is 2. The Bertz CT molecular complexity index is 530. The summed E-state index contributed by atoms with van der Waals surface area (Å²) >= 11 is 0. The fourth-order valence-corrected chi connectivity index (χ4v) is 2.72. The van der Waals surface area contributed by atoms with E-state index in [2.05, 4.69) is 22.4 Å². The highest BCUT2D eigenvalue weighted by atomic mass is 16.4. The maximum atomic E-state index is 5.70. The fourth-order valence-electron chi connectivity index (χ4n) is 2.72. The van der Waals surface area contributed by atoms with Crippen LogP contribution < -0.4 is 5.32 Å². The Kier molecular flexibility index (Phi) is 4.11. The lowest BCUT2D eigenvalue weighted by atomic mass is 9.87. The van der Waals surface area contributed by atoms with Crippen molar-refractivity contribution in [3.8, 4) is 11.5 Å². The number of hydrogen-bond acceptors (Lipinski definition) is 4. The molecule has 20 heavy (non-hydrogen) atoms. The Hall–Kier alpha value is -1.68. The van der Waals surface area contributed by atoms with Crippen molar-refractivity contribution < 1.29 is 4.42 Å². The van der Waals surface area contributed by atoms with E-state index in [9.17, 15) is 0 Å². The average molecular weight is 271 g/mol. The third-order valence-corrected chi connectivity index (χ3v) is 4.05. The molecule has 1 fully saturated rings. The van der Waals surface area contributed by atoms with Crippen LogP contribution in [0.2, 0.25) is 0 Å². The molecule has 0 saturated heterocycles. The van der Waals surface area contributed by atoms with Crippen LogP contribution in [0.5, 0.6) is 0 Å². The molecule has 0 aliphatic heterocycles. The summed E-state index contributed by atoms with van der Waals surface area (Å²) in [5, 5.41) is 11.7. The number of hydrogen-bond donors (Lipinski definition) is 1. The average Bonchev–Trinajstić information content (AvgIpc) is 2.97. The Labute approximate surface area is 119 Å². The predicted octanol–water partition coefficient (Wildman–Crippen LogP) is 3.40. The molecule has 1 N–H and O–H groups in total. The van der Waals surface area contributed by atoms with Crippen LogP contribution in [0.25, 0.3) is 11.5 Å². The highest BCUT2D eigenvalue weighted by Crippen LogP contribution is 2.23. The monoisotopic (exact) mass is 271 g/mol. The van der Waals surface area contributed by atoms with Gasteiger partial charge in [0.05, 0.1) is 6.54 Å². The normalized spacial score (nSPS) is 22.9. The van der Waals surface area contributed by atoms with Crippen molar-refractivity contribution >= 4 is 0 Å². The topological polar surface area (TPSA) is 51.0 Å². The van der Waals surface area contributed by atoms with Crippen LogP contribution in [0.4, 0.5) is 0 Å². The predicted molar refractivity (Wildman–Crippen MR) is 78.0 cm³/mol. The molecule has 0 radical (unpaired) electrons. The Morgan fingerprint density at radius 3 is 2.60 bits per heavy atom. The van der Waals surface area contributed by atoms with Crippen molar-refractivity contribution in [3.63, 3.8) is 0 Å². The summed E-state index contributed by atoms with van der Waals surface area (Å²) in [5.41, 5.74) is 0.970. The molecule has 106 valence electrons. The van der Waals surface area contributed by atoms with Gasteiger partial charge in [0.2, 0.25) is 11.8 Å². The van der Waals surface area contributed by atoms with Crippen molar-refractivity contribution in [1.82, 2.24) is 15.5 Å². The lowest BCUT2D eigenvalue weighted by molar-refractivity contribution is 0.298. The summed E-state index contributed by atoms with van der Waals surface area (Å²) in [7, 11) is 0. The van der Waals surface area contributed by atoms with E-state index in [4.69, 9.17) is 4.42 Å². The van der Waals surface area contributed by atoms with Crippen molar-refractivity contribution in [2.75, 3.05) is 0 Å². The van der Waals surface area contributed by atoms with Gasteiger partial charge in [-0.15, -0.1) is 10.2 Å². The molecular weight excluding hydrogens is 250 g/mol. The van der Waals surface area contributed by atoms with Crippen molar-refractivity contribution in [2.45, 2.75) is 45.2 Å². The van der Waals surface area contributed by atoms with E-state index in [1.807, 2.05) is 30.3 Å². The van der Waals surface area contributed by atoms with Gasteiger partial charge in [-0.1, -0.05) is 25.1 Å². The first kappa shape index (κ1) is 13.3. The van der Waals surface area contributed by atoms with Crippen molar-refractivity contribution in [2.24, 2.45) is 5.92 Å². The third-order valence-electron chi connectivity index (χ3n) is 4.05. The number of rotatable bonds is 4. The van der Waals surface area contributed by atoms with E-state index in [-0.39, 0.29) is 0 Å². The maximum Gasteiger partial charge on any atom is 0.247 e. The van der Waals surface area contributed by atoms with E-state index in [1.165, 1.54) is 25.7 Å². The van der Waals surface area contributed by atoms with Gasteiger partial charge in [-0.25, -0.2) is 0 Å². The van der Waals surface area contributed by atoms with Crippen LogP contribution in [-0.4, -0.2) is 16.2 Å². The second-order valence-electron chi connectivity index (χ2n) is 5.70. The smallest absolute Gasteiger partial charge is 0.247 e. The first-order valence-electron chi connectivity index (χ1n) is 7.42. The molecule has 0 unspecified atom stereocenters. The number of nitrogens with one attached hydrogen (secondary N) is 1. The summed E-state index contributed by atoms with van der Waals surface area (Å²) in [5.74, 6) is 2.14. The molecule has 1 aromatic heterocycles. The molecule has 2 aromatic rings. The molecule has 1 aromatic carbocycles. The number of nitrogens with zero attached hydrogens (tertiary/aromatic N) is 2. The number of benzene rings is 1. The fraction of sp³-hybridized carbons (Fsp3) is 0.500. The Balaban J connectivity index is 1.55. The lowest BCUT2D eigenvalue weighted by Gasteiger charge is -2.26. The van der Waals surface area contributed by atoms with Crippen molar-refractivity contribution in [3.05, 3.63) is 36.2 Å². The van der Waals surface area contributed by atoms with Crippen LogP contribution in [-0.2, 0) is 6.54 Å². The van der Waals surface area contributed by atoms with Crippen LogP contribution in [0, 0.1) is 5.92 Å². The van der Waals surface area contributed by atoms with Gasteiger partial charge >= 0.3 is 0 Å². The molecular formula is C16H21N3O. The lowest BCUT2D eigenvalue weighted by Crippen LogP contribution is -2.32. The first-order valence-corrected chi connectivity index (χ1v) is 7.42. The molecule has 0 amide bonds. The molecule has 0 spiro atoms. The largest absolute Gasteiger partial charge is 0.419 e. The Morgan fingerprint density at radius 2 is 1.85 bits per heavy atom. The van der Waals surface area contributed by atoms with Gasteiger partial charge in [-0.3, -0.25) is 0 Å². The minimum atomic E-state index is 0.596. The van der Waals surface area contributed by atoms with Gasteiger partial charge in [0.1, 0.15) is 0 Å². The molecule has 1 aliphatic rings. The first-order chi connectivity index (χ1) is 9.81. The van der Waals surface area contributed by atoms with Gasteiger partial charge in [0, 0.05) is 11.6 Å². The van der Waals surface area contributed by atoms with Gasteiger partial charge in [-0.05, 0) is 43.7 Å². The third kappa shape index (κ3) is 3.25. The Morgan fingerprint density at radius 1 is 1.10 bits per heavy atom. The van der Waals surface area contributed by atoms with Gasteiger partial charge in [-0.2, -0.15) is 0 Å². The zero-order valence-corrected chi connectivity index (χ0v) is 11.9. The van der Waals surface area contributed by atoms with Gasteiger partial charge in [0.15, 0.2) is 0 Å². The molecule has 1 aliphatic carbocycles. The van der Waals surface area contributed by atoms with Gasteiger partial charge < -0.3 is 9.73 Å². The van der Waals surface area contributed by atoms with E-state index >= 15 is 0 Å². The quantitative estimate of drug-likeness (QED) is 0.926. The highest BCUT2D eigenvalue weighted by molar-refractivity contribution is 5.51. The second kappa shape index (κ2) is 6.18. The molecule has 0 bridgehead atoms.